The number of aryl methyl sites for hydroxylation is 1. The molecule has 0 aliphatic heterocycles. The van der Waals surface area contributed by atoms with Gasteiger partial charge in [-0.2, -0.15) is 0 Å². The summed E-state index contributed by atoms with van der Waals surface area (Å²) in [6, 6.07) is 18.7. The molecule has 0 aliphatic rings. The summed E-state index contributed by atoms with van der Waals surface area (Å²) >= 11 is 0. The number of nitrogens with zero attached hydrogens (tertiary/aromatic N) is 1. The molecular formula is C15H15N. The van der Waals surface area contributed by atoms with Crippen LogP contribution in [-0.4, -0.2) is 6.21 Å². The van der Waals surface area contributed by atoms with Gasteiger partial charge in [-0.05, 0) is 18.1 Å². The molecule has 0 radical (unpaired) electrons. The molecule has 0 spiro atoms. The second-order valence-corrected chi connectivity index (χ2v) is 3.87. The van der Waals surface area contributed by atoms with Gasteiger partial charge in [0.2, 0.25) is 0 Å². The van der Waals surface area contributed by atoms with Gasteiger partial charge in [-0.1, -0.05) is 60.2 Å². The molecule has 2 rings (SSSR count). The molecule has 0 saturated carbocycles. The van der Waals surface area contributed by atoms with Gasteiger partial charge in [-0.25, -0.2) is 0 Å². The fourth-order valence-corrected chi connectivity index (χ4v) is 1.49. The monoisotopic (exact) mass is 209 g/mol. The van der Waals surface area contributed by atoms with Gasteiger partial charge in [0.1, 0.15) is 0 Å². The smallest absolute Gasteiger partial charge is 0.0639 e. The van der Waals surface area contributed by atoms with Crippen LogP contribution in [0.15, 0.2) is 59.6 Å². The maximum Gasteiger partial charge on any atom is 0.0639 e. The molecular weight excluding hydrogens is 194 g/mol. The minimum Gasteiger partial charge on any atom is -0.288 e. The zero-order valence-corrected chi connectivity index (χ0v) is 9.43. The van der Waals surface area contributed by atoms with Crippen molar-refractivity contribution in [2.45, 2.75) is 13.5 Å². The highest BCUT2D eigenvalue weighted by molar-refractivity contribution is 5.79. The Balaban J connectivity index is 1.98. The van der Waals surface area contributed by atoms with Crippen molar-refractivity contribution >= 4 is 6.21 Å². The van der Waals surface area contributed by atoms with Crippen LogP contribution in [0.25, 0.3) is 0 Å². The van der Waals surface area contributed by atoms with Crippen molar-refractivity contribution in [2.75, 3.05) is 0 Å². The van der Waals surface area contributed by atoms with Gasteiger partial charge in [0.05, 0.1) is 6.54 Å². The van der Waals surface area contributed by atoms with E-state index in [9.17, 15) is 0 Å². The topological polar surface area (TPSA) is 12.4 Å². The molecule has 0 unspecified atom stereocenters. The van der Waals surface area contributed by atoms with E-state index in [2.05, 4.69) is 48.3 Å². The summed E-state index contributed by atoms with van der Waals surface area (Å²) < 4.78 is 0. The molecule has 0 N–H and O–H groups in total. The maximum absolute atomic E-state index is 4.42. The second-order valence-electron chi connectivity index (χ2n) is 3.87. The van der Waals surface area contributed by atoms with E-state index in [-0.39, 0.29) is 0 Å². The van der Waals surface area contributed by atoms with Crippen LogP contribution >= 0.6 is 0 Å². The lowest BCUT2D eigenvalue weighted by molar-refractivity contribution is 1.08. The molecule has 1 heteroatoms. The van der Waals surface area contributed by atoms with Crippen LogP contribution in [0.3, 0.4) is 0 Å². The largest absolute Gasteiger partial charge is 0.288 e. The highest BCUT2D eigenvalue weighted by atomic mass is 14.7. The summed E-state index contributed by atoms with van der Waals surface area (Å²) in [5, 5.41) is 0. The first-order chi connectivity index (χ1) is 7.84. The highest BCUT2D eigenvalue weighted by Crippen LogP contribution is 2.02. The average molecular weight is 209 g/mol. The van der Waals surface area contributed by atoms with Crippen molar-refractivity contribution < 1.29 is 0 Å². The van der Waals surface area contributed by atoms with E-state index >= 15 is 0 Å². The Bertz CT molecular complexity index is 455. The van der Waals surface area contributed by atoms with Crippen molar-refractivity contribution in [1.82, 2.24) is 0 Å². The van der Waals surface area contributed by atoms with Crippen LogP contribution in [0.4, 0.5) is 0 Å². The molecule has 2 aromatic rings. The quantitative estimate of drug-likeness (QED) is 0.685. The molecule has 1 nitrogen and oxygen atoms in total. The normalized spacial score (nSPS) is 10.8. The highest BCUT2D eigenvalue weighted by Gasteiger charge is 1.88. The standard InChI is InChI=1S/C15H15N/c1-13-7-9-15(10-8-13)12-16-11-14-5-3-2-4-6-14/h2-10,12H,11H2,1H3/b16-12+. The minimum absolute atomic E-state index is 0.745. The summed E-state index contributed by atoms with van der Waals surface area (Å²) in [4.78, 5) is 4.42. The number of hydrogen-bond donors (Lipinski definition) is 0. The van der Waals surface area contributed by atoms with Crippen molar-refractivity contribution in [3.63, 3.8) is 0 Å². The summed E-state index contributed by atoms with van der Waals surface area (Å²) in [7, 11) is 0. The number of rotatable bonds is 3. The van der Waals surface area contributed by atoms with E-state index in [4.69, 9.17) is 0 Å². The maximum atomic E-state index is 4.42. The van der Waals surface area contributed by atoms with Crippen LogP contribution in [0.5, 0.6) is 0 Å². The van der Waals surface area contributed by atoms with Gasteiger partial charge < -0.3 is 0 Å². The lowest BCUT2D eigenvalue weighted by Crippen LogP contribution is -1.84. The first-order valence-electron chi connectivity index (χ1n) is 5.45. The van der Waals surface area contributed by atoms with Crippen molar-refractivity contribution in [2.24, 2.45) is 4.99 Å². The molecule has 0 aliphatic carbocycles. The lowest BCUT2D eigenvalue weighted by Gasteiger charge is -1.96. The van der Waals surface area contributed by atoms with Crippen LogP contribution in [0.1, 0.15) is 16.7 Å². The molecule has 80 valence electrons. The van der Waals surface area contributed by atoms with Gasteiger partial charge >= 0.3 is 0 Å². The minimum atomic E-state index is 0.745. The molecule has 0 bridgehead atoms. The van der Waals surface area contributed by atoms with Crippen LogP contribution < -0.4 is 0 Å². The first kappa shape index (κ1) is 10.6. The Morgan fingerprint density at radius 2 is 1.62 bits per heavy atom. The van der Waals surface area contributed by atoms with E-state index in [0.29, 0.717) is 0 Å². The number of hydrogen-bond acceptors (Lipinski definition) is 1. The third-order valence-corrected chi connectivity index (χ3v) is 2.43. The Kier molecular flexibility index (Phi) is 3.50. The molecule has 0 atom stereocenters. The Labute approximate surface area is 96.5 Å². The second kappa shape index (κ2) is 5.26. The fraction of sp³-hybridized carbons (Fsp3) is 0.133. The molecule has 0 fully saturated rings. The van der Waals surface area contributed by atoms with E-state index in [0.717, 1.165) is 12.1 Å². The molecule has 0 aromatic heterocycles. The first-order valence-corrected chi connectivity index (χ1v) is 5.45. The van der Waals surface area contributed by atoms with Gasteiger partial charge in [0.15, 0.2) is 0 Å². The van der Waals surface area contributed by atoms with Gasteiger partial charge in [0.25, 0.3) is 0 Å². The van der Waals surface area contributed by atoms with Gasteiger partial charge in [-0.15, -0.1) is 0 Å². The number of aliphatic imine (C=N–C) groups is 1. The molecule has 0 amide bonds. The van der Waals surface area contributed by atoms with Crippen LogP contribution in [-0.2, 0) is 6.54 Å². The molecule has 0 heterocycles. The average Bonchev–Trinajstić information content (AvgIpc) is 2.33. The summed E-state index contributed by atoms with van der Waals surface area (Å²) in [5.74, 6) is 0. The molecule has 16 heavy (non-hydrogen) atoms. The fourth-order valence-electron chi connectivity index (χ4n) is 1.49. The predicted molar refractivity (Wildman–Crippen MR) is 68.9 cm³/mol. The Morgan fingerprint density at radius 1 is 0.938 bits per heavy atom. The van der Waals surface area contributed by atoms with Crippen molar-refractivity contribution in [3.05, 3.63) is 71.3 Å². The lowest BCUT2D eigenvalue weighted by atomic mass is 10.2. The molecule has 2 aromatic carbocycles. The van der Waals surface area contributed by atoms with E-state index in [1.807, 2.05) is 24.4 Å². The summed E-state index contributed by atoms with van der Waals surface area (Å²) in [6.45, 7) is 2.83. The van der Waals surface area contributed by atoms with Crippen molar-refractivity contribution in [3.8, 4) is 0 Å². The third-order valence-electron chi connectivity index (χ3n) is 2.43. The van der Waals surface area contributed by atoms with Crippen LogP contribution in [0, 0.1) is 6.92 Å². The predicted octanol–water partition coefficient (Wildman–Crippen LogP) is 3.61. The SMILES string of the molecule is Cc1ccc(/C=N/Cc2ccccc2)cc1. The van der Waals surface area contributed by atoms with Gasteiger partial charge in [-0.3, -0.25) is 4.99 Å². The third kappa shape index (κ3) is 3.06. The van der Waals surface area contributed by atoms with E-state index in [1.165, 1.54) is 11.1 Å². The summed E-state index contributed by atoms with van der Waals surface area (Å²) in [6.07, 6.45) is 1.92. The van der Waals surface area contributed by atoms with E-state index in [1.54, 1.807) is 0 Å². The summed E-state index contributed by atoms with van der Waals surface area (Å²) in [5.41, 5.74) is 3.67. The zero-order chi connectivity index (χ0) is 11.2. The number of benzene rings is 2. The Morgan fingerprint density at radius 3 is 2.31 bits per heavy atom. The van der Waals surface area contributed by atoms with Gasteiger partial charge in [0, 0.05) is 6.21 Å². The van der Waals surface area contributed by atoms with Crippen LogP contribution in [0.2, 0.25) is 0 Å². The Hall–Kier alpha value is -1.89. The van der Waals surface area contributed by atoms with E-state index < -0.39 is 0 Å². The zero-order valence-electron chi connectivity index (χ0n) is 9.43. The molecule has 0 saturated heterocycles. The van der Waals surface area contributed by atoms with Crippen molar-refractivity contribution in [1.29, 1.82) is 0 Å².